The molecule has 0 N–H and O–H groups in total. The van der Waals surface area contributed by atoms with Gasteiger partial charge in [-0.05, 0) is 26.0 Å². The molecule has 0 unspecified atom stereocenters. The average Bonchev–Trinajstić information content (AvgIpc) is 2.41. The molecule has 1 aromatic heterocycles. The van der Waals surface area contributed by atoms with Crippen LogP contribution in [0.5, 0.6) is 0 Å². The van der Waals surface area contributed by atoms with Gasteiger partial charge in [0, 0.05) is 37.9 Å². The Morgan fingerprint density at radius 3 is 2.53 bits per heavy atom. The smallest absolute Gasteiger partial charge is 0.228 e. The molecule has 0 radical (unpaired) electrons. The third kappa shape index (κ3) is 3.73. The van der Waals surface area contributed by atoms with E-state index in [1.165, 1.54) is 6.07 Å². The molecule has 104 valence electrons. The van der Waals surface area contributed by atoms with Crippen LogP contribution in [0.4, 0.5) is 4.39 Å². The van der Waals surface area contributed by atoms with E-state index in [9.17, 15) is 9.18 Å². The topological polar surface area (TPSA) is 36.4 Å². The van der Waals surface area contributed by atoms with E-state index in [1.54, 1.807) is 6.07 Å². The second kappa shape index (κ2) is 6.10. The number of nitrogens with zero attached hydrogens (tertiary/aromatic N) is 3. The largest absolute Gasteiger partial charge is 0.340 e. The fraction of sp³-hybridized carbons (Fsp3) is 0.571. The summed E-state index contributed by atoms with van der Waals surface area (Å²) in [5.74, 6) is -0.302. The first-order chi connectivity index (χ1) is 9.06. The lowest BCUT2D eigenvalue weighted by Crippen LogP contribution is -2.51. The Morgan fingerprint density at radius 2 is 2.00 bits per heavy atom. The highest BCUT2D eigenvalue weighted by Crippen LogP contribution is 2.08. The van der Waals surface area contributed by atoms with Gasteiger partial charge in [-0.1, -0.05) is 0 Å². The quantitative estimate of drug-likeness (QED) is 0.827. The lowest BCUT2D eigenvalue weighted by Gasteiger charge is -2.36. The highest BCUT2D eigenvalue weighted by atomic mass is 19.1. The highest BCUT2D eigenvalue weighted by molar-refractivity contribution is 5.78. The third-order valence-corrected chi connectivity index (χ3v) is 3.52. The van der Waals surface area contributed by atoms with Crippen molar-refractivity contribution in [2.24, 2.45) is 0 Å². The van der Waals surface area contributed by atoms with E-state index >= 15 is 0 Å². The number of piperazine rings is 1. The number of halogens is 1. The zero-order valence-corrected chi connectivity index (χ0v) is 11.5. The fourth-order valence-corrected chi connectivity index (χ4v) is 2.27. The van der Waals surface area contributed by atoms with Gasteiger partial charge in [-0.15, -0.1) is 0 Å². The lowest BCUT2D eigenvalue weighted by atomic mass is 10.2. The predicted molar refractivity (Wildman–Crippen MR) is 71.2 cm³/mol. The molecule has 0 saturated carbocycles. The zero-order chi connectivity index (χ0) is 13.8. The molecule has 0 aliphatic carbocycles. The number of pyridine rings is 1. The molecule has 19 heavy (non-hydrogen) atoms. The molecule has 5 heteroatoms. The Labute approximate surface area is 113 Å². The zero-order valence-electron chi connectivity index (χ0n) is 11.5. The van der Waals surface area contributed by atoms with Crippen molar-refractivity contribution >= 4 is 5.91 Å². The van der Waals surface area contributed by atoms with E-state index in [1.807, 2.05) is 4.90 Å². The van der Waals surface area contributed by atoms with Gasteiger partial charge < -0.3 is 4.90 Å². The number of hydrogen-bond donors (Lipinski definition) is 0. The number of aromatic nitrogens is 1. The summed E-state index contributed by atoms with van der Waals surface area (Å²) in [7, 11) is 0. The van der Waals surface area contributed by atoms with Gasteiger partial charge >= 0.3 is 0 Å². The summed E-state index contributed by atoms with van der Waals surface area (Å²) in [4.78, 5) is 20.3. The maximum Gasteiger partial charge on any atom is 0.228 e. The van der Waals surface area contributed by atoms with Crippen molar-refractivity contribution in [3.8, 4) is 0 Å². The Balaban J connectivity index is 1.86. The van der Waals surface area contributed by atoms with E-state index in [2.05, 4.69) is 23.7 Å². The van der Waals surface area contributed by atoms with Crippen molar-refractivity contribution in [2.75, 3.05) is 26.2 Å². The van der Waals surface area contributed by atoms with E-state index < -0.39 is 0 Å². The van der Waals surface area contributed by atoms with E-state index in [0.717, 1.165) is 32.4 Å². The molecule has 1 aliphatic rings. The van der Waals surface area contributed by atoms with Gasteiger partial charge in [-0.25, -0.2) is 4.39 Å². The number of rotatable bonds is 3. The van der Waals surface area contributed by atoms with Gasteiger partial charge in [0.05, 0.1) is 12.6 Å². The number of carbonyl (C=O) groups excluding carboxylic acids is 1. The molecule has 2 heterocycles. The van der Waals surface area contributed by atoms with Crippen molar-refractivity contribution in [3.63, 3.8) is 0 Å². The van der Waals surface area contributed by atoms with Crippen LogP contribution in [0.3, 0.4) is 0 Å². The number of amides is 1. The molecule has 0 spiro atoms. The summed E-state index contributed by atoms with van der Waals surface area (Å²) in [6, 6.07) is 3.43. The molecule has 1 aromatic rings. The van der Waals surface area contributed by atoms with Crippen molar-refractivity contribution in [1.82, 2.24) is 14.8 Å². The van der Waals surface area contributed by atoms with Gasteiger partial charge in [-0.3, -0.25) is 14.7 Å². The van der Waals surface area contributed by atoms with Crippen molar-refractivity contribution in [2.45, 2.75) is 26.3 Å². The molecule has 4 nitrogen and oxygen atoms in total. The van der Waals surface area contributed by atoms with Crippen LogP contribution < -0.4 is 0 Å². The van der Waals surface area contributed by atoms with Gasteiger partial charge in [-0.2, -0.15) is 0 Å². The lowest BCUT2D eigenvalue weighted by molar-refractivity contribution is -0.132. The molecule has 1 aliphatic heterocycles. The third-order valence-electron chi connectivity index (χ3n) is 3.52. The number of carbonyl (C=O) groups is 1. The van der Waals surface area contributed by atoms with E-state index in [-0.39, 0.29) is 18.1 Å². The summed E-state index contributed by atoms with van der Waals surface area (Å²) >= 11 is 0. The predicted octanol–water partition coefficient (Wildman–Crippen LogP) is 1.32. The first-order valence-electron chi connectivity index (χ1n) is 6.68. The molecular formula is C14H20FN3O. The number of hydrogen-bond acceptors (Lipinski definition) is 3. The molecule has 1 saturated heterocycles. The molecule has 0 aromatic carbocycles. The summed E-state index contributed by atoms with van der Waals surface area (Å²) in [5, 5.41) is 0. The highest BCUT2D eigenvalue weighted by Gasteiger charge is 2.22. The molecule has 2 rings (SSSR count). The van der Waals surface area contributed by atoms with Crippen LogP contribution in [0.1, 0.15) is 19.5 Å². The monoisotopic (exact) mass is 265 g/mol. The molecule has 1 amide bonds. The Bertz CT molecular complexity index is 425. The van der Waals surface area contributed by atoms with Crippen LogP contribution in [0.15, 0.2) is 18.3 Å². The van der Waals surface area contributed by atoms with Crippen LogP contribution in [0, 0.1) is 5.82 Å². The average molecular weight is 265 g/mol. The maximum absolute atomic E-state index is 12.7. The van der Waals surface area contributed by atoms with E-state index in [4.69, 9.17) is 0 Å². The molecule has 0 bridgehead atoms. The van der Waals surface area contributed by atoms with Crippen LogP contribution in [-0.2, 0) is 11.2 Å². The first-order valence-corrected chi connectivity index (χ1v) is 6.68. The Morgan fingerprint density at radius 1 is 1.32 bits per heavy atom. The first kappa shape index (κ1) is 13.9. The molecule has 0 atom stereocenters. The van der Waals surface area contributed by atoms with Crippen molar-refractivity contribution in [1.29, 1.82) is 0 Å². The fourth-order valence-electron chi connectivity index (χ4n) is 2.27. The minimum Gasteiger partial charge on any atom is -0.340 e. The summed E-state index contributed by atoms with van der Waals surface area (Å²) < 4.78 is 12.7. The summed E-state index contributed by atoms with van der Waals surface area (Å²) in [6.07, 6.45) is 1.40. The normalized spacial score (nSPS) is 16.9. The van der Waals surface area contributed by atoms with Crippen LogP contribution in [0.25, 0.3) is 0 Å². The van der Waals surface area contributed by atoms with Gasteiger partial charge in [0.25, 0.3) is 0 Å². The molecular weight excluding hydrogens is 245 g/mol. The van der Waals surface area contributed by atoms with Crippen LogP contribution >= 0.6 is 0 Å². The minimum absolute atomic E-state index is 0.0718. The Hall–Kier alpha value is -1.49. The van der Waals surface area contributed by atoms with Crippen LogP contribution in [-0.4, -0.2) is 52.9 Å². The molecule has 1 fully saturated rings. The summed E-state index contributed by atoms with van der Waals surface area (Å²) in [6.45, 7) is 7.69. The van der Waals surface area contributed by atoms with Crippen molar-refractivity contribution < 1.29 is 9.18 Å². The van der Waals surface area contributed by atoms with Gasteiger partial charge in [0.2, 0.25) is 5.91 Å². The maximum atomic E-state index is 12.7. The van der Waals surface area contributed by atoms with Gasteiger partial charge in [0.15, 0.2) is 0 Å². The van der Waals surface area contributed by atoms with E-state index in [0.29, 0.717) is 11.7 Å². The Kier molecular flexibility index (Phi) is 4.47. The minimum atomic E-state index is -0.373. The summed E-state index contributed by atoms with van der Waals surface area (Å²) in [5.41, 5.74) is 0.623. The van der Waals surface area contributed by atoms with Gasteiger partial charge in [0.1, 0.15) is 5.82 Å². The van der Waals surface area contributed by atoms with Crippen LogP contribution in [0.2, 0.25) is 0 Å². The second-order valence-electron chi connectivity index (χ2n) is 5.16. The standard InChI is InChI=1S/C14H20FN3O/c1-11(2)17-5-7-18(8-6-17)14(19)9-13-4-3-12(15)10-16-13/h3-4,10-11H,5-9H2,1-2H3. The second-order valence-corrected chi connectivity index (χ2v) is 5.16. The SMILES string of the molecule is CC(C)N1CCN(C(=O)Cc2ccc(F)cn2)CC1. The van der Waals surface area contributed by atoms with Crippen molar-refractivity contribution in [3.05, 3.63) is 29.8 Å².